The van der Waals surface area contributed by atoms with Crippen LogP contribution in [0.2, 0.25) is 0 Å². The summed E-state index contributed by atoms with van der Waals surface area (Å²) in [7, 11) is 0. The van der Waals surface area contributed by atoms with Gasteiger partial charge in [-0.3, -0.25) is 0 Å². The number of rotatable bonds is 11. The van der Waals surface area contributed by atoms with E-state index in [2.05, 4.69) is 21.4 Å². The zero-order valence-electron chi connectivity index (χ0n) is 10.8. The molecule has 0 aliphatic carbocycles. The molecule has 0 heterocycles. The Labute approximate surface area is 111 Å². The first-order chi connectivity index (χ1) is 9.10. The van der Waals surface area contributed by atoms with Gasteiger partial charge >= 0.3 is 5.97 Å². The molecule has 0 fully saturated rings. The molecule has 8 nitrogen and oxygen atoms in total. The highest BCUT2D eigenvalue weighted by Crippen LogP contribution is 2.19. The van der Waals surface area contributed by atoms with E-state index in [4.69, 9.17) is 9.84 Å². The highest BCUT2D eigenvalue weighted by Gasteiger charge is 2.43. The summed E-state index contributed by atoms with van der Waals surface area (Å²) in [5, 5.41) is 32.1. The lowest BCUT2D eigenvalue weighted by atomic mass is 9.99. The summed E-state index contributed by atoms with van der Waals surface area (Å²) in [6.07, 6.45) is 0.190. The minimum absolute atomic E-state index is 0.246. The van der Waals surface area contributed by atoms with E-state index in [0.29, 0.717) is 6.42 Å². The van der Waals surface area contributed by atoms with E-state index in [0.717, 1.165) is 6.08 Å². The van der Waals surface area contributed by atoms with Crippen LogP contribution in [0.25, 0.3) is 0 Å². The van der Waals surface area contributed by atoms with E-state index in [-0.39, 0.29) is 6.61 Å². The van der Waals surface area contributed by atoms with E-state index >= 15 is 0 Å². The van der Waals surface area contributed by atoms with Crippen LogP contribution in [-0.2, 0) is 24.3 Å². The SMILES string of the molecule is C=CC(=O)OC(CO)(CO)C(CO)OOOCCC. The number of esters is 1. The third-order valence-corrected chi connectivity index (χ3v) is 2.25. The van der Waals surface area contributed by atoms with E-state index in [1.807, 2.05) is 6.92 Å². The number of carbonyl (C=O) groups is 1. The number of aliphatic hydroxyl groups excluding tert-OH is 3. The summed E-state index contributed by atoms with van der Waals surface area (Å²) in [5.41, 5.74) is -1.87. The fourth-order valence-corrected chi connectivity index (χ4v) is 1.10. The van der Waals surface area contributed by atoms with Crippen molar-refractivity contribution in [3.63, 3.8) is 0 Å². The molecule has 0 spiro atoms. The number of carbonyl (C=O) groups excluding carboxylic acids is 1. The summed E-state index contributed by atoms with van der Waals surface area (Å²) < 4.78 is 4.82. The van der Waals surface area contributed by atoms with Crippen molar-refractivity contribution < 1.29 is 39.7 Å². The predicted octanol–water partition coefficient (Wildman–Crippen LogP) is -0.910. The van der Waals surface area contributed by atoms with E-state index < -0.39 is 37.5 Å². The Morgan fingerprint density at radius 2 is 2.00 bits per heavy atom. The average Bonchev–Trinajstić information content (AvgIpc) is 2.45. The van der Waals surface area contributed by atoms with Crippen LogP contribution >= 0.6 is 0 Å². The highest BCUT2D eigenvalue weighted by atomic mass is 17.5. The lowest BCUT2D eigenvalue weighted by Gasteiger charge is -2.34. The second-order valence-electron chi connectivity index (χ2n) is 3.66. The monoisotopic (exact) mass is 280 g/mol. The first-order valence-electron chi connectivity index (χ1n) is 5.73. The Morgan fingerprint density at radius 3 is 2.42 bits per heavy atom. The second kappa shape index (κ2) is 9.84. The summed E-state index contributed by atoms with van der Waals surface area (Å²) in [4.78, 5) is 20.4. The minimum atomic E-state index is -1.87. The largest absolute Gasteiger partial charge is 0.448 e. The number of aliphatic hydroxyl groups is 3. The fourth-order valence-electron chi connectivity index (χ4n) is 1.10. The van der Waals surface area contributed by atoms with Gasteiger partial charge in [0.1, 0.15) is 0 Å². The van der Waals surface area contributed by atoms with E-state index in [1.54, 1.807) is 0 Å². The number of ether oxygens (including phenoxy) is 1. The lowest BCUT2D eigenvalue weighted by Crippen LogP contribution is -2.55. The molecule has 0 aromatic rings. The van der Waals surface area contributed by atoms with Gasteiger partial charge in [-0.05, 0) is 6.42 Å². The smallest absolute Gasteiger partial charge is 0.330 e. The molecule has 0 aliphatic rings. The van der Waals surface area contributed by atoms with Crippen molar-refractivity contribution in [3.05, 3.63) is 12.7 Å². The molecule has 1 atom stereocenters. The van der Waals surface area contributed by atoms with Gasteiger partial charge < -0.3 is 20.1 Å². The molecule has 112 valence electrons. The summed E-state index contributed by atoms with van der Waals surface area (Å²) in [5.74, 6) is -0.889. The van der Waals surface area contributed by atoms with E-state index in [9.17, 15) is 15.0 Å². The van der Waals surface area contributed by atoms with Gasteiger partial charge in [-0.15, -0.1) is 0 Å². The predicted molar refractivity (Wildman–Crippen MR) is 62.5 cm³/mol. The first-order valence-corrected chi connectivity index (χ1v) is 5.73. The Kier molecular flexibility index (Phi) is 9.31. The van der Waals surface area contributed by atoms with Crippen molar-refractivity contribution in [3.8, 4) is 0 Å². The standard InChI is InChI=1S/C11H20O8/c1-3-5-16-19-18-9(6-12)11(7-13,8-14)17-10(15)4-2/h4,9,12-14H,2-3,5-8H2,1H3. The number of hydrogen-bond donors (Lipinski definition) is 3. The molecule has 8 heteroatoms. The molecule has 0 radical (unpaired) electrons. The second-order valence-corrected chi connectivity index (χ2v) is 3.66. The Bertz CT molecular complexity index is 263. The van der Waals surface area contributed by atoms with Gasteiger partial charge in [0, 0.05) is 6.08 Å². The minimum Gasteiger partial charge on any atom is -0.448 e. The van der Waals surface area contributed by atoms with Crippen molar-refractivity contribution in [1.82, 2.24) is 0 Å². The van der Waals surface area contributed by atoms with Crippen LogP contribution in [0, 0.1) is 0 Å². The quantitative estimate of drug-likeness (QED) is 0.146. The Balaban J connectivity index is 4.68. The molecular formula is C11H20O8. The molecule has 0 aliphatic heterocycles. The highest BCUT2D eigenvalue weighted by molar-refractivity contribution is 5.81. The fraction of sp³-hybridized carbons (Fsp3) is 0.727. The molecule has 0 saturated carbocycles. The third-order valence-electron chi connectivity index (χ3n) is 2.25. The maximum atomic E-state index is 11.2. The van der Waals surface area contributed by atoms with Gasteiger partial charge in [0.05, 0.1) is 26.4 Å². The van der Waals surface area contributed by atoms with E-state index in [1.165, 1.54) is 0 Å². The summed E-state index contributed by atoms with van der Waals surface area (Å²) in [6.45, 7) is 3.02. The molecule has 0 rings (SSSR count). The van der Waals surface area contributed by atoms with Crippen LogP contribution in [0.4, 0.5) is 0 Å². The normalized spacial score (nSPS) is 13.1. The first kappa shape index (κ1) is 18.0. The van der Waals surface area contributed by atoms with Crippen LogP contribution in [0.1, 0.15) is 13.3 Å². The van der Waals surface area contributed by atoms with Gasteiger partial charge in [0.2, 0.25) is 0 Å². The van der Waals surface area contributed by atoms with Crippen molar-refractivity contribution >= 4 is 5.97 Å². The summed E-state index contributed by atoms with van der Waals surface area (Å²) in [6, 6.07) is 0. The zero-order valence-corrected chi connectivity index (χ0v) is 10.8. The van der Waals surface area contributed by atoms with Crippen molar-refractivity contribution in [1.29, 1.82) is 0 Å². The van der Waals surface area contributed by atoms with Gasteiger partial charge in [0.25, 0.3) is 0 Å². The zero-order chi connectivity index (χ0) is 14.7. The number of hydrogen-bond acceptors (Lipinski definition) is 8. The van der Waals surface area contributed by atoms with Gasteiger partial charge in [-0.1, -0.05) is 18.5 Å². The van der Waals surface area contributed by atoms with Crippen molar-refractivity contribution in [2.75, 3.05) is 26.4 Å². The maximum absolute atomic E-state index is 11.2. The van der Waals surface area contributed by atoms with Crippen LogP contribution in [0.15, 0.2) is 12.7 Å². The van der Waals surface area contributed by atoms with Gasteiger partial charge in [-0.2, -0.15) is 4.89 Å². The molecule has 0 aromatic heterocycles. The Hall–Kier alpha value is -1.03. The van der Waals surface area contributed by atoms with Crippen molar-refractivity contribution in [2.24, 2.45) is 0 Å². The van der Waals surface area contributed by atoms with Crippen molar-refractivity contribution in [2.45, 2.75) is 25.0 Å². The molecule has 0 bridgehead atoms. The molecule has 1 unspecified atom stereocenters. The van der Waals surface area contributed by atoms with Gasteiger partial charge in [-0.25, -0.2) is 9.68 Å². The third kappa shape index (κ3) is 5.64. The average molecular weight is 280 g/mol. The lowest BCUT2D eigenvalue weighted by molar-refractivity contribution is -0.536. The molecule has 19 heavy (non-hydrogen) atoms. The molecule has 3 N–H and O–H groups in total. The Morgan fingerprint density at radius 1 is 1.37 bits per heavy atom. The van der Waals surface area contributed by atoms with Crippen LogP contribution in [-0.4, -0.2) is 59.4 Å². The van der Waals surface area contributed by atoms with Crippen LogP contribution in [0.3, 0.4) is 0 Å². The molecule has 0 saturated heterocycles. The summed E-state index contributed by atoms with van der Waals surface area (Å²) >= 11 is 0. The maximum Gasteiger partial charge on any atom is 0.330 e. The molecular weight excluding hydrogens is 260 g/mol. The topological polar surface area (TPSA) is 115 Å². The molecule has 0 amide bonds. The van der Waals surface area contributed by atoms with Crippen LogP contribution < -0.4 is 0 Å². The molecule has 0 aromatic carbocycles. The van der Waals surface area contributed by atoms with Gasteiger partial charge in [0.15, 0.2) is 11.7 Å². The van der Waals surface area contributed by atoms with Crippen LogP contribution in [0.5, 0.6) is 0 Å².